The molecular weight excluding hydrogens is 436 g/mol. The van der Waals surface area contributed by atoms with Crippen LogP contribution in [0.2, 0.25) is 18.1 Å². The van der Waals surface area contributed by atoms with Crippen molar-refractivity contribution in [1.82, 2.24) is 0 Å². The summed E-state index contributed by atoms with van der Waals surface area (Å²) in [4.78, 5) is 0. The molecule has 0 bridgehead atoms. The average molecular weight is 484 g/mol. The molecule has 0 spiro atoms. The van der Waals surface area contributed by atoms with Crippen molar-refractivity contribution >= 4 is 8.32 Å². The topological polar surface area (TPSA) is 36.9 Å². The molecule has 0 rings (SSSR count). The van der Waals surface area contributed by atoms with Crippen LogP contribution in [0.3, 0.4) is 0 Å². The molecule has 0 saturated heterocycles. The molecule has 4 nitrogen and oxygen atoms in total. The van der Waals surface area contributed by atoms with Crippen LogP contribution < -0.4 is 0 Å². The van der Waals surface area contributed by atoms with Crippen LogP contribution in [0, 0.1) is 0 Å². The predicted molar refractivity (Wildman–Crippen MR) is 115 cm³/mol. The van der Waals surface area contributed by atoms with Crippen molar-refractivity contribution in [2.75, 3.05) is 19.8 Å². The van der Waals surface area contributed by atoms with Crippen molar-refractivity contribution in [2.45, 2.75) is 117 Å². The summed E-state index contributed by atoms with van der Waals surface area (Å²) >= 11 is -4.01. The van der Waals surface area contributed by atoms with Gasteiger partial charge in [-0.3, -0.25) is 0 Å². The van der Waals surface area contributed by atoms with Gasteiger partial charge in [0.1, 0.15) is 0 Å². The van der Waals surface area contributed by atoms with Gasteiger partial charge in [-0.15, -0.1) is 0 Å². The Kier molecular flexibility index (Phi) is 18.4. The molecule has 0 aliphatic heterocycles. The number of unbranched alkanes of at least 4 members (excludes halogenated alkanes) is 3. The molecule has 0 atom stereocenters. The maximum absolute atomic E-state index is 7.07. The van der Waals surface area contributed by atoms with E-state index in [0.29, 0.717) is 19.8 Å². The predicted octanol–water partition coefficient (Wildman–Crippen LogP) is 7.44. The van der Waals surface area contributed by atoms with Crippen LogP contribution in [-0.4, -0.2) is 28.1 Å². The van der Waals surface area contributed by atoms with Gasteiger partial charge in [-0.2, -0.15) is 0 Å². The summed E-state index contributed by atoms with van der Waals surface area (Å²) in [5.41, 5.74) is 0. The first-order valence-electron chi connectivity index (χ1n) is 11.7. The van der Waals surface area contributed by atoms with Gasteiger partial charge in [0.2, 0.25) is 0 Å². The van der Waals surface area contributed by atoms with Gasteiger partial charge < -0.3 is 0 Å². The van der Waals surface area contributed by atoms with Gasteiger partial charge in [0.05, 0.1) is 0 Å². The van der Waals surface area contributed by atoms with Gasteiger partial charge in [0, 0.05) is 0 Å². The van der Waals surface area contributed by atoms with Gasteiger partial charge in [-0.1, -0.05) is 0 Å². The van der Waals surface area contributed by atoms with Crippen molar-refractivity contribution in [1.29, 1.82) is 0 Å². The van der Waals surface area contributed by atoms with E-state index < -0.39 is 30.3 Å². The second-order valence-electron chi connectivity index (χ2n) is 7.64. The fourth-order valence-corrected chi connectivity index (χ4v) is 18.9. The van der Waals surface area contributed by atoms with Gasteiger partial charge in [-0.05, 0) is 0 Å². The quantitative estimate of drug-likeness (QED) is 0.133. The van der Waals surface area contributed by atoms with Gasteiger partial charge in [-0.25, -0.2) is 0 Å². The van der Waals surface area contributed by atoms with Crippen LogP contribution in [0.5, 0.6) is 0 Å². The summed E-state index contributed by atoms with van der Waals surface area (Å²) in [5.74, 6) is 0. The first-order valence-corrected chi connectivity index (χ1v) is 18.2. The Labute approximate surface area is 178 Å². The fraction of sp³-hybridized carbons (Fsp3) is 1.00. The first kappa shape index (κ1) is 27.9. The Hall–Kier alpha value is 0.940. The summed E-state index contributed by atoms with van der Waals surface area (Å²) in [6.07, 6.45) is 10.0. The van der Waals surface area contributed by atoms with Crippen molar-refractivity contribution in [2.24, 2.45) is 0 Å². The molecule has 0 N–H and O–H groups in total. The van der Waals surface area contributed by atoms with Crippen LogP contribution in [-0.2, 0) is 33.0 Å². The second-order valence-corrected chi connectivity index (χ2v) is 17.8. The molecule has 0 unspecified atom stereocenters. The van der Waals surface area contributed by atoms with Crippen LogP contribution in [0.15, 0.2) is 0 Å². The number of hydrogen-bond donors (Lipinski definition) is 0. The Morgan fingerprint density at radius 3 is 1.11 bits per heavy atom. The van der Waals surface area contributed by atoms with Crippen molar-refractivity contribution < 1.29 is 33.0 Å². The third kappa shape index (κ3) is 12.3. The van der Waals surface area contributed by atoms with Crippen molar-refractivity contribution in [3.05, 3.63) is 0 Å². The Balaban J connectivity index is 5.55. The summed E-state index contributed by atoms with van der Waals surface area (Å²) < 4.78 is 26.4. The van der Waals surface area contributed by atoms with Crippen molar-refractivity contribution in [3.63, 3.8) is 0 Å². The van der Waals surface area contributed by atoms with Crippen LogP contribution >= 0.6 is 0 Å². The van der Waals surface area contributed by atoms with E-state index in [9.17, 15) is 0 Å². The molecule has 6 heteroatoms. The number of hydrogen-bond acceptors (Lipinski definition) is 4. The zero-order valence-corrected chi connectivity index (χ0v) is 22.7. The molecule has 0 aliphatic rings. The molecule has 164 valence electrons. The minimum atomic E-state index is -4.01. The van der Waals surface area contributed by atoms with Crippen LogP contribution in [0.25, 0.3) is 0 Å². The van der Waals surface area contributed by atoms with Crippen molar-refractivity contribution in [3.8, 4) is 0 Å². The molecule has 0 heterocycles. The zero-order valence-electron chi connectivity index (χ0n) is 19.2. The minimum absolute atomic E-state index is 0.708. The van der Waals surface area contributed by atoms with Gasteiger partial charge in [0.25, 0.3) is 0 Å². The van der Waals surface area contributed by atoms with Gasteiger partial charge >= 0.3 is 179 Å². The van der Waals surface area contributed by atoms with E-state index in [1.807, 2.05) is 0 Å². The summed E-state index contributed by atoms with van der Waals surface area (Å²) in [6, 6.07) is 3.58. The molecule has 0 amide bonds. The van der Waals surface area contributed by atoms with Gasteiger partial charge in [0.15, 0.2) is 0 Å². The van der Waals surface area contributed by atoms with E-state index in [4.69, 9.17) is 10.9 Å². The summed E-state index contributed by atoms with van der Waals surface area (Å²) in [7, 11) is -1.89. The van der Waals surface area contributed by atoms with Crippen LogP contribution in [0.4, 0.5) is 0 Å². The third-order valence-electron chi connectivity index (χ3n) is 4.79. The second kappa shape index (κ2) is 17.8. The molecule has 0 fully saturated rings. The first-order chi connectivity index (χ1) is 13.1. The number of rotatable bonds is 20. The fourth-order valence-electron chi connectivity index (χ4n) is 3.40. The van der Waals surface area contributed by atoms with Crippen LogP contribution in [0.1, 0.15) is 99.3 Å². The SMILES string of the molecule is CCCC[O][Zr]([O]CCCC)([O]CCCC)[O][Si](CCC)(CCC)CCC. The Bertz CT molecular complexity index is 288. The average Bonchev–Trinajstić information content (AvgIpc) is 2.63. The van der Waals surface area contributed by atoms with E-state index in [2.05, 4.69) is 41.5 Å². The van der Waals surface area contributed by atoms with E-state index >= 15 is 0 Å². The van der Waals surface area contributed by atoms with E-state index in [1.165, 1.54) is 37.4 Å². The monoisotopic (exact) mass is 482 g/mol. The molecule has 0 radical (unpaired) electrons. The molecule has 0 aromatic carbocycles. The molecule has 27 heavy (non-hydrogen) atoms. The molecular formula is C21H48O4SiZr. The summed E-state index contributed by atoms with van der Waals surface area (Å²) in [5, 5.41) is 0. The normalized spacial score (nSPS) is 12.7. The molecule has 0 aromatic heterocycles. The molecule has 0 saturated carbocycles. The van der Waals surface area contributed by atoms with E-state index in [0.717, 1.165) is 38.5 Å². The zero-order chi connectivity index (χ0) is 20.4. The van der Waals surface area contributed by atoms with E-state index in [1.54, 1.807) is 0 Å². The summed E-state index contributed by atoms with van der Waals surface area (Å²) in [6.45, 7) is 15.5. The maximum atomic E-state index is 7.07. The van der Waals surface area contributed by atoms with E-state index in [-0.39, 0.29) is 0 Å². The molecule has 0 aliphatic carbocycles. The molecule has 0 aromatic rings. The Morgan fingerprint density at radius 2 is 0.852 bits per heavy atom. The Morgan fingerprint density at radius 1 is 0.519 bits per heavy atom. The standard InChI is InChI=1S/C9H21OSi.3C4H9O.Zr/c1-4-7-11(10,8-5-2)9-6-3;3*1-2-3-4-5;/h4-9H2,1-3H3;3*2-4H2,1H3;/q4*-1;+4. The third-order valence-corrected chi connectivity index (χ3v) is 18.9.